The minimum absolute atomic E-state index is 0.0177. The van der Waals surface area contributed by atoms with E-state index in [0.29, 0.717) is 11.3 Å². The fourth-order valence-corrected chi connectivity index (χ4v) is 2.45. The van der Waals surface area contributed by atoms with Crippen LogP contribution >= 0.6 is 0 Å². The molecule has 1 aromatic rings. The Morgan fingerprint density at radius 1 is 1.12 bits per heavy atom. The maximum atomic E-state index is 12.2. The molecule has 0 unspecified atom stereocenters. The van der Waals surface area contributed by atoms with Crippen LogP contribution in [0.5, 0.6) is 5.75 Å². The van der Waals surface area contributed by atoms with Gasteiger partial charge in [0.05, 0.1) is 17.3 Å². The molecule has 1 aliphatic rings. The summed E-state index contributed by atoms with van der Waals surface area (Å²) in [7, 11) is 2.94. The second kappa shape index (κ2) is 6.41. The number of carbonyl (C=O) groups excluding carboxylic acids is 1. The molecule has 2 rings (SSSR count). The van der Waals surface area contributed by atoms with Crippen LogP contribution in [0.1, 0.15) is 51.9 Å². The molecule has 0 bridgehead atoms. The fraction of sp³-hybridized carbons (Fsp3) is 0.611. The predicted molar refractivity (Wildman–Crippen MR) is 95.9 cm³/mol. The van der Waals surface area contributed by atoms with Crippen LogP contribution in [0.2, 0.25) is 0 Å². The molecule has 6 heteroatoms. The zero-order valence-corrected chi connectivity index (χ0v) is 16.0. The van der Waals surface area contributed by atoms with Gasteiger partial charge in [0.1, 0.15) is 5.75 Å². The van der Waals surface area contributed by atoms with Crippen LogP contribution in [0.15, 0.2) is 18.2 Å². The molecule has 1 aromatic carbocycles. The number of amides is 1. The van der Waals surface area contributed by atoms with Gasteiger partial charge in [-0.25, -0.2) is 0 Å². The van der Waals surface area contributed by atoms with Crippen LogP contribution < -0.4 is 10.2 Å². The first-order chi connectivity index (χ1) is 10.9. The summed E-state index contributed by atoms with van der Waals surface area (Å²) in [6.07, 6.45) is -0.0177. The van der Waals surface area contributed by atoms with Crippen LogP contribution in [0, 0.1) is 0 Å². The molecule has 1 heterocycles. The number of benzene rings is 1. The van der Waals surface area contributed by atoms with Gasteiger partial charge < -0.3 is 18.9 Å². The summed E-state index contributed by atoms with van der Waals surface area (Å²) in [6.45, 7) is 12.0. The van der Waals surface area contributed by atoms with E-state index in [1.165, 1.54) is 0 Å². The van der Waals surface area contributed by atoms with Gasteiger partial charge in [-0.2, -0.15) is 0 Å². The van der Waals surface area contributed by atoms with Crippen LogP contribution in [-0.2, 0) is 9.31 Å². The highest BCUT2D eigenvalue weighted by Crippen LogP contribution is 2.37. The van der Waals surface area contributed by atoms with Gasteiger partial charge in [-0.1, -0.05) is 6.07 Å². The third-order valence-electron chi connectivity index (χ3n) is 4.54. The van der Waals surface area contributed by atoms with Gasteiger partial charge in [0, 0.05) is 25.1 Å². The zero-order valence-electron chi connectivity index (χ0n) is 16.0. The first-order valence-electron chi connectivity index (χ1n) is 8.32. The molecule has 24 heavy (non-hydrogen) atoms. The van der Waals surface area contributed by atoms with Crippen molar-refractivity contribution in [1.29, 1.82) is 0 Å². The maximum absolute atomic E-state index is 12.2. The molecule has 1 amide bonds. The van der Waals surface area contributed by atoms with Crippen molar-refractivity contribution in [3.8, 4) is 5.75 Å². The molecular formula is C18H28BNO4. The first-order valence-corrected chi connectivity index (χ1v) is 8.32. The Kier molecular flexibility index (Phi) is 5.02. The van der Waals surface area contributed by atoms with Gasteiger partial charge >= 0.3 is 7.12 Å². The van der Waals surface area contributed by atoms with Crippen molar-refractivity contribution >= 4 is 18.5 Å². The van der Waals surface area contributed by atoms with Gasteiger partial charge in [-0.15, -0.1) is 0 Å². The molecule has 0 N–H and O–H groups in total. The molecule has 1 fully saturated rings. The lowest BCUT2D eigenvalue weighted by atomic mass is 9.78. The number of carbonyl (C=O) groups is 1. The van der Waals surface area contributed by atoms with E-state index < -0.39 is 18.3 Å². The quantitative estimate of drug-likeness (QED) is 0.795. The van der Waals surface area contributed by atoms with Gasteiger partial charge in [0.25, 0.3) is 5.91 Å². The van der Waals surface area contributed by atoms with E-state index in [4.69, 9.17) is 14.0 Å². The Hall–Kier alpha value is -1.53. The lowest BCUT2D eigenvalue weighted by Crippen LogP contribution is -2.41. The van der Waals surface area contributed by atoms with Gasteiger partial charge in [0.2, 0.25) is 0 Å². The molecule has 0 saturated carbocycles. The Labute approximate surface area is 145 Å². The summed E-state index contributed by atoms with van der Waals surface area (Å²) < 4.78 is 18.2. The molecular weight excluding hydrogens is 305 g/mol. The second-order valence-electron chi connectivity index (χ2n) is 7.71. The molecule has 132 valence electrons. The Balaban J connectivity index is 2.41. The van der Waals surface area contributed by atoms with Crippen molar-refractivity contribution in [2.24, 2.45) is 0 Å². The average molecular weight is 333 g/mol. The SMILES string of the molecule is CC(C)Oc1cc(C(=O)N(C)C)ccc1B1OC(C)(C)C(C)(C)O1. The monoisotopic (exact) mass is 333 g/mol. The van der Waals surface area contributed by atoms with Crippen LogP contribution in [0.4, 0.5) is 0 Å². The topological polar surface area (TPSA) is 48.0 Å². The molecule has 5 nitrogen and oxygen atoms in total. The predicted octanol–water partition coefficient (Wildman–Crippen LogP) is 2.47. The summed E-state index contributed by atoms with van der Waals surface area (Å²) in [5.41, 5.74) is 0.532. The molecule has 0 atom stereocenters. The van der Waals surface area contributed by atoms with E-state index in [0.717, 1.165) is 5.46 Å². The number of ether oxygens (including phenoxy) is 1. The Morgan fingerprint density at radius 3 is 2.12 bits per heavy atom. The third kappa shape index (κ3) is 3.60. The van der Waals surface area contributed by atoms with E-state index in [2.05, 4.69) is 0 Å². The molecule has 0 aliphatic carbocycles. The fourth-order valence-electron chi connectivity index (χ4n) is 2.45. The highest BCUT2D eigenvalue weighted by molar-refractivity contribution is 6.63. The summed E-state index contributed by atoms with van der Waals surface area (Å²) in [5.74, 6) is 0.556. The van der Waals surface area contributed by atoms with Crippen molar-refractivity contribution in [1.82, 2.24) is 4.90 Å². The number of nitrogens with zero attached hydrogens (tertiary/aromatic N) is 1. The lowest BCUT2D eigenvalue weighted by molar-refractivity contribution is 0.00578. The number of hydrogen-bond acceptors (Lipinski definition) is 4. The number of hydrogen-bond donors (Lipinski definition) is 0. The average Bonchev–Trinajstić information content (AvgIpc) is 2.65. The van der Waals surface area contributed by atoms with Crippen molar-refractivity contribution in [2.75, 3.05) is 14.1 Å². The van der Waals surface area contributed by atoms with Crippen LogP contribution in [0.25, 0.3) is 0 Å². The largest absolute Gasteiger partial charge is 0.498 e. The van der Waals surface area contributed by atoms with Gasteiger partial charge in [0.15, 0.2) is 0 Å². The van der Waals surface area contributed by atoms with E-state index in [-0.39, 0.29) is 12.0 Å². The molecule has 0 aromatic heterocycles. The first kappa shape index (κ1) is 18.8. The molecule has 0 spiro atoms. The summed E-state index contributed by atoms with van der Waals surface area (Å²) in [5, 5.41) is 0. The van der Waals surface area contributed by atoms with Crippen LogP contribution in [0.3, 0.4) is 0 Å². The van der Waals surface area contributed by atoms with Crippen molar-refractivity contribution in [3.05, 3.63) is 23.8 Å². The summed E-state index contributed by atoms with van der Waals surface area (Å²) >= 11 is 0. The molecule has 1 saturated heterocycles. The Bertz CT molecular complexity index is 609. The van der Waals surface area contributed by atoms with E-state index >= 15 is 0 Å². The third-order valence-corrected chi connectivity index (χ3v) is 4.54. The van der Waals surface area contributed by atoms with E-state index in [9.17, 15) is 4.79 Å². The summed E-state index contributed by atoms with van der Waals surface area (Å²) in [4.78, 5) is 13.8. The highest BCUT2D eigenvalue weighted by Gasteiger charge is 2.52. The van der Waals surface area contributed by atoms with Gasteiger partial charge in [-0.3, -0.25) is 4.79 Å². The summed E-state index contributed by atoms with van der Waals surface area (Å²) in [6, 6.07) is 5.41. The highest BCUT2D eigenvalue weighted by atomic mass is 16.7. The smallest absolute Gasteiger partial charge is 0.491 e. The van der Waals surface area contributed by atoms with E-state index in [1.807, 2.05) is 47.6 Å². The minimum atomic E-state index is -0.521. The van der Waals surface area contributed by atoms with E-state index in [1.54, 1.807) is 31.1 Å². The van der Waals surface area contributed by atoms with Crippen LogP contribution in [-0.4, -0.2) is 49.3 Å². The van der Waals surface area contributed by atoms with Crippen molar-refractivity contribution in [2.45, 2.75) is 58.8 Å². The molecule has 0 radical (unpaired) electrons. The molecule has 1 aliphatic heterocycles. The lowest BCUT2D eigenvalue weighted by Gasteiger charge is -2.32. The van der Waals surface area contributed by atoms with Crippen molar-refractivity contribution < 1.29 is 18.8 Å². The second-order valence-corrected chi connectivity index (χ2v) is 7.71. The standard InChI is InChI=1S/C18H28BNO4/c1-12(2)22-15-11-13(16(21)20(7)8)9-10-14(15)19-23-17(3,4)18(5,6)24-19/h9-12H,1-8H3. The van der Waals surface area contributed by atoms with Gasteiger partial charge in [-0.05, 0) is 53.7 Å². The Morgan fingerprint density at radius 2 is 1.67 bits per heavy atom. The normalized spacial score (nSPS) is 18.8. The van der Waals surface area contributed by atoms with Crippen molar-refractivity contribution in [3.63, 3.8) is 0 Å². The minimum Gasteiger partial charge on any atom is -0.491 e. The maximum Gasteiger partial charge on any atom is 0.498 e. The number of rotatable bonds is 4. The zero-order chi connectivity index (χ0) is 18.3.